The Morgan fingerprint density at radius 2 is 1.51 bits per heavy atom. The highest BCUT2D eigenvalue weighted by atomic mass is 32.2. The van der Waals surface area contributed by atoms with Gasteiger partial charge in [-0.15, -0.1) is 0 Å². The number of aromatic nitrogens is 3. The number of aryl methyl sites for hydroxylation is 2. The monoisotopic (exact) mass is 544 g/mol. The maximum absolute atomic E-state index is 11.9. The fraction of sp³-hybridized carbons (Fsp3) is 0.419. The molecule has 2 aromatic heterocycles. The number of nitrogens with zero attached hydrogens (tertiary/aromatic N) is 4. The molecule has 4 heterocycles. The van der Waals surface area contributed by atoms with Crippen LogP contribution in [0, 0.1) is 6.92 Å². The molecule has 0 atom stereocenters. The van der Waals surface area contributed by atoms with E-state index < -0.39 is 9.84 Å². The number of pyridine rings is 1. The summed E-state index contributed by atoms with van der Waals surface area (Å²) < 4.78 is 31.3. The van der Waals surface area contributed by atoms with E-state index in [-0.39, 0.29) is 0 Å². The van der Waals surface area contributed by atoms with E-state index in [0.29, 0.717) is 16.9 Å². The summed E-state index contributed by atoms with van der Waals surface area (Å²) in [4.78, 5) is 12.7. The van der Waals surface area contributed by atoms with Gasteiger partial charge in [-0.2, -0.15) is 0 Å². The van der Waals surface area contributed by atoms with Gasteiger partial charge >= 0.3 is 0 Å². The van der Waals surface area contributed by atoms with E-state index in [1.165, 1.54) is 50.6 Å². The molecular weight excluding hydrogens is 508 g/mol. The van der Waals surface area contributed by atoms with Crippen LogP contribution in [-0.2, 0) is 21.6 Å². The van der Waals surface area contributed by atoms with Crippen molar-refractivity contribution in [3.05, 3.63) is 65.9 Å². The van der Waals surface area contributed by atoms with Gasteiger partial charge in [-0.3, -0.25) is 4.98 Å². The van der Waals surface area contributed by atoms with Gasteiger partial charge in [-0.1, -0.05) is 24.3 Å². The number of ether oxygens (including phenoxy) is 1. The van der Waals surface area contributed by atoms with Crippen molar-refractivity contribution >= 4 is 20.9 Å². The summed E-state index contributed by atoms with van der Waals surface area (Å²) in [6, 6.07) is 18.7. The Bertz CT molecular complexity index is 1580. The van der Waals surface area contributed by atoms with Crippen molar-refractivity contribution in [3.8, 4) is 22.6 Å². The second-order valence-electron chi connectivity index (χ2n) is 11.0. The molecule has 2 aliphatic heterocycles. The normalized spacial score (nSPS) is 18.1. The zero-order valence-corrected chi connectivity index (χ0v) is 23.7. The molecule has 2 fully saturated rings. The molecular formula is C31H36N4O3S. The highest BCUT2D eigenvalue weighted by molar-refractivity contribution is 7.90. The van der Waals surface area contributed by atoms with Gasteiger partial charge in [0, 0.05) is 43.7 Å². The summed E-state index contributed by atoms with van der Waals surface area (Å²) in [6.45, 7) is 6.16. The zero-order chi connectivity index (χ0) is 27.1. The summed E-state index contributed by atoms with van der Waals surface area (Å²) in [5.74, 6) is 1.40. The molecule has 39 heavy (non-hydrogen) atoms. The first-order valence-electron chi connectivity index (χ1n) is 13.8. The molecule has 0 radical (unpaired) electrons. The van der Waals surface area contributed by atoms with E-state index in [1.54, 1.807) is 12.1 Å². The zero-order valence-electron chi connectivity index (χ0n) is 22.9. The highest BCUT2D eigenvalue weighted by Gasteiger charge is 2.27. The molecule has 2 aromatic carbocycles. The Hall–Kier alpha value is -3.07. The van der Waals surface area contributed by atoms with Gasteiger partial charge < -0.3 is 14.2 Å². The van der Waals surface area contributed by atoms with Crippen molar-refractivity contribution < 1.29 is 13.2 Å². The third-order valence-corrected chi connectivity index (χ3v) is 9.63. The number of hydrogen-bond donors (Lipinski definition) is 0. The van der Waals surface area contributed by atoms with Gasteiger partial charge in [0.2, 0.25) is 0 Å². The van der Waals surface area contributed by atoms with Crippen LogP contribution in [0.15, 0.2) is 59.5 Å². The van der Waals surface area contributed by atoms with Crippen LogP contribution in [0.25, 0.3) is 33.7 Å². The number of likely N-dealkylation sites (tertiary alicyclic amines) is 1. The Morgan fingerprint density at radius 1 is 0.872 bits per heavy atom. The van der Waals surface area contributed by atoms with Crippen LogP contribution in [0.1, 0.15) is 42.9 Å². The van der Waals surface area contributed by atoms with Gasteiger partial charge in [0.1, 0.15) is 11.3 Å². The molecule has 0 saturated carbocycles. The number of hydrogen-bond acceptors (Lipinski definition) is 6. The maximum Gasteiger partial charge on any atom is 0.175 e. The molecule has 8 heteroatoms. The Labute approximate surface area is 230 Å². The van der Waals surface area contributed by atoms with Gasteiger partial charge in [0.05, 0.1) is 21.8 Å². The topological polar surface area (TPSA) is 77.3 Å². The first kappa shape index (κ1) is 26.2. The van der Waals surface area contributed by atoms with E-state index in [2.05, 4.69) is 39.8 Å². The Morgan fingerprint density at radius 3 is 2.15 bits per heavy atom. The first-order chi connectivity index (χ1) is 18.8. The van der Waals surface area contributed by atoms with E-state index in [1.807, 2.05) is 26.1 Å². The van der Waals surface area contributed by atoms with Gasteiger partial charge in [-0.05, 0) is 87.5 Å². The van der Waals surface area contributed by atoms with Crippen molar-refractivity contribution in [2.75, 3.05) is 32.6 Å². The number of benzene rings is 2. The molecule has 204 valence electrons. The molecule has 7 nitrogen and oxygen atoms in total. The molecule has 2 aliphatic rings. The molecule has 0 unspecified atom stereocenters. The largest absolute Gasteiger partial charge is 0.381 e. The minimum atomic E-state index is -3.24. The standard InChI is InChI=1S/C31H36N4O3S/c1-21-30-29(34(2)31(33-30)25-8-10-27(11-9-25)39(3,36)37)20-28(32-21)24-6-4-22(5-7-24)23-12-16-35(17-13-23)26-14-18-38-19-15-26/h4-11,20,23,26H,12-19H2,1-3H3. The maximum atomic E-state index is 11.9. The predicted octanol–water partition coefficient (Wildman–Crippen LogP) is 5.37. The van der Waals surface area contributed by atoms with Crippen LogP contribution in [0.3, 0.4) is 0 Å². The molecule has 4 aromatic rings. The minimum Gasteiger partial charge on any atom is -0.381 e. The average molecular weight is 545 g/mol. The van der Waals surface area contributed by atoms with Gasteiger partial charge in [0.25, 0.3) is 0 Å². The van der Waals surface area contributed by atoms with Crippen molar-refractivity contribution in [2.45, 2.75) is 49.5 Å². The van der Waals surface area contributed by atoms with Crippen LogP contribution in [-0.4, -0.2) is 66.5 Å². The van der Waals surface area contributed by atoms with Crippen LogP contribution in [0.2, 0.25) is 0 Å². The molecule has 6 rings (SSSR count). The van der Waals surface area contributed by atoms with Crippen molar-refractivity contribution in [1.82, 2.24) is 19.4 Å². The summed E-state index contributed by atoms with van der Waals surface area (Å²) >= 11 is 0. The van der Waals surface area contributed by atoms with E-state index in [9.17, 15) is 8.42 Å². The minimum absolute atomic E-state index is 0.304. The lowest BCUT2D eigenvalue weighted by Gasteiger charge is -2.39. The Kier molecular flexibility index (Phi) is 7.04. The number of piperidine rings is 1. The third kappa shape index (κ3) is 5.25. The lowest BCUT2D eigenvalue weighted by Crippen LogP contribution is -2.43. The highest BCUT2D eigenvalue weighted by Crippen LogP contribution is 2.33. The van der Waals surface area contributed by atoms with Crippen molar-refractivity contribution in [1.29, 1.82) is 0 Å². The second-order valence-corrected chi connectivity index (χ2v) is 13.0. The van der Waals surface area contributed by atoms with Crippen LogP contribution in [0.4, 0.5) is 0 Å². The van der Waals surface area contributed by atoms with Crippen molar-refractivity contribution in [3.63, 3.8) is 0 Å². The number of imidazole rings is 1. The lowest BCUT2D eigenvalue weighted by molar-refractivity contribution is 0.0252. The molecule has 0 aliphatic carbocycles. The average Bonchev–Trinajstić information content (AvgIpc) is 3.30. The van der Waals surface area contributed by atoms with E-state index in [0.717, 1.165) is 52.6 Å². The van der Waals surface area contributed by atoms with E-state index in [4.69, 9.17) is 14.7 Å². The Balaban J connectivity index is 1.21. The molecule has 0 amide bonds. The summed E-state index contributed by atoms with van der Waals surface area (Å²) in [5, 5.41) is 0. The van der Waals surface area contributed by atoms with Gasteiger partial charge in [0.15, 0.2) is 9.84 Å². The van der Waals surface area contributed by atoms with Crippen LogP contribution >= 0.6 is 0 Å². The SMILES string of the molecule is Cc1nc(-c2ccc(C3CCN(C4CCOCC4)CC3)cc2)cc2c1nc(-c1ccc(S(C)(=O)=O)cc1)n2C. The summed E-state index contributed by atoms with van der Waals surface area (Å²) in [7, 11) is -1.25. The quantitative estimate of drug-likeness (QED) is 0.336. The summed E-state index contributed by atoms with van der Waals surface area (Å²) in [6.07, 6.45) is 5.98. The number of fused-ring (bicyclic) bond motifs is 1. The second kappa shape index (κ2) is 10.5. The number of sulfone groups is 1. The predicted molar refractivity (Wildman–Crippen MR) is 155 cm³/mol. The molecule has 0 spiro atoms. The fourth-order valence-corrected chi connectivity index (χ4v) is 6.80. The molecule has 0 N–H and O–H groups in total. The number of rotatable bonds is 5. The lowest BCUT2D eigenvalue weighted by atomic mass is 9.87. The van der Waals surface area contributed by atoms with Crippen LogP contribution in [0.5, 0.6) is 0 Å². The van der Waals surface area contributed by atoms with E-state index >= 15 is 0 Å². The van der Waals surface area contributed by atoms with Crippen LogP contribution < -0.4 is 0 Å². The molecule has 0 bridgehead atoms. The first-order valence-corrected chi connectivity index (χ1v) is 15.7. The summed E-state index contributed by atoms with van der Waals surface area (Å²) in [5.41, 5.74) is 7.06. The van der Waals surface area contributed by atoms with Gasteiger partial charge in [-0.25, -0.2) is 13.4 Å². The fourth-order valence-electron chi connectivity index (χ4n) is 6.17. The third-order valence-electron chi connectivity index (χ3n) is 8.50. The molecule has 2 saturated heterocycles. The van der Waals surface area contributed by atoms with Crippen molar-refractivity contribution in [2.24, 2.45) is 7.05 Å². The smallest absolute Gasteiger partial charge is 0.175 e.